The van der Waals surface area contributed by atoms with Crippen molar-refractivity contribution in [2.45, 2.75) is 17.8 Å². The van der Waals surface area contributed by atoms with Crippen LogP contribution in [0.15, 0.2) is 0 Å². The third-order valence-corrected chi connectivity index (χ3v) is 6.05. The first-order valence-electron chi connectivity index (χ1n) is 1.85. The van der Waals surface area contributed by atoms with Crippen LogP contribution >= 0.6 is 0 Å². The van der Waals surface area contributed by atoms with Gasteiger partial charge in [0, 0.05) is 0 Å². The second kappa shape index (κ2) is 2.01. The van der Waals surface area contributed by atoms with Crippen molar-refractivity contribution in [2.75, 3.05) is 0 Å². The topological polar surface area (TPSA) is 0 Å². The van der Waals surface area contributed by atoms with Crippen LogP contribution in [0.4, 0.5) is 0 Å². The van der Waals surface area contributed by atoms with Crippen molar-refractivity contribution in [3.05, 3.63) is 0 Å². The van der Waals surface area contributed by atoms with E-state index in [4.69, 9.17) is 0 Å². The molecule has 0 nitrogen and oxygen atoms in total. The second-order valence-electron chi connectivity index (χ2n) is 1.10. The molecule has 0 saturated heterocycles. The van der Waals surface area contributed by atoms with E-state index in [1.807, 2.05) is 0 Å². The first kappa shape index (κ1) is 3.91. The first-order chi connectivity index (χ1) is 2.50. The van der Waals surface area contributed by atoms with Crippen LogP contribution in [0.1, 0.15) is 6.42 Å². The summed E-state index contributed by atoms with van der Waals surface area (Å²) in [7, 11) is 1.37. The first-order valence-corrected chi connectivity index (χ1v) is 6.74. The Hall–Kier alpha value is 0.736. The Kier molecular flexibility index (Phi) is 1.57. The fourth-order valence-electron chi connectivity index (χ4n) is 0.361. The fraction of sp³-hybridized carbons (Fsp3) is 1.00. The number of hydrogen-bond acceptors (Lipinski definition) is 0. The predicted molar refractivity (Wildman–Crippen MR) is 25.7 cm³/mol. The van der Waals surface area contributed by atoms with E-state index in [0.717, 1.165) is 13.8 Å². The molecule has 2 radical (unpaired) electrons. The van der Waals surface area contributed by atoms with Crippen molar-refractivity contribution in [1.82, 2.24) is 0 Å². The molecule has 1 aliphatic heterocycles. The van der Waals surface area contributed by atoms with Crippen molar-refractivity contribution in [2.24, 2.45) is 0 Å². The van der Waals surface area contributed by atoms with Gasteiger partial charge in [-0.3, -0.25) is 0 Å². The van der Waals surface area contributed by atoms with Gasteiger partial charge in [0.1, 0.15) is 0 Å². The van der Waals surface area contributed by atoms with Gasteiger partial charge >= 0.3 is 39.3 Å². The van der Waals surface area contributed by atoms with E-state index in [-0.39, 0.29) is 0 Å². The van der Waals surface area contributed by atoms with Gasteiger partial charge in [0.2, 0.25) is 0 Å². The quantitative estimate of drug-likeness (QED) is 0.441. The maximum atomic E-state index is 1.57. The van der Waals surface area contributed by atoms with Gasteiger partial charge < -0.3 is 0 Å². The van der Waals surface area contributed by atoms with Crippen LogP contribution in [0, 0.1) is 0 Å². The third-order valence-electron chi connectivity index (χ3n) is 0.627. The summed E-state index contributed by atoms with van der Waals surface area (Å²) in [6, 6.07) is 1.56. The molecule has 5 heavy (non-hydrogen) atoms. The summed E-state index contributed by atoms with van der Waals surface area (Å²) in [6.07, 6.45) is 1.54. The molecular formula is C3H6SeSi. The molecule has 2 heteroatoms. The van der Waals surface area contributed by atoms with Crippen molar-refractivity contribution in [3.63, 3.8) is 0 Å². The molecule has 0 unspecified atom stereocenters. The summed E-state index contributed by atoms with van der Waals surface area (Å²) in [5.41, 5.74) is 0. The summed E-state index contributed by atoms with van der Waals surface area (Å²) in [5.74, 6) is 0. The summed E-state index contributed by atoms with van der Waals surface area (Å²) in [4.78, 5) is 0. The summed E-state index contributed by atoms with van der Waals surface area (Å²) >= 11 is 1.10. The zero-order chi connectivity index (χ0) is 3.54. The minimum absolute atomic E-state index is 1.10. The molecule has 0 saturated carbocycles. The molecule has 0 bridgehead atoms. The molecule has 1 aliphatic rings. The van der Waals surface area contributed by atoms with Crippen LogP contribution in [-0.2, 0) is 0 Å². The molecule has 0 aliphatic carbocycles. The van der Waals surface area contributed by atoms with Crippen LogP contribution in [0.3, 0.4) is 0 Å². The van der Waals surface area contributed by atoms with Crippen LogP contribution in [-0.4, -0.2) is 21.5 Å². The van der Waals surface area contributed by atoms with E-state index in [1.54, 1.807) is 17.8 Å². The Morgan fingerprint density at radius 3 is 2.80 bits per heavy atom. The fourth-order valence-corrected chi connectivity index (χ4v) is 5.62. The van der Waals surface area contributed by atoms with Crippen molar-refractivity contribution < 1.29 is 0 Å². The van der Waals surface area contributed by atoms with Gasteiger partial charge in [-0.1, -0.05) is 0 Å². The monoisotopic (exact) mass is 150 g/mol. The van der Waals surface area contributed by atoms with Crippen LogP contribution < -0.4 is 0 Å². The normalized spacial score (nSPS) is 20.8. The van der Waals surface area contributed by atoms with Crippen molar-refractivity contribution in [1.29, 1.82) is 0 Å². The molecule has 0 aromatic carbocycles. The Bertz CT molecular complexity index is 44.9. The minimum atomic E-state index is 1.10. The zero-order valence-corrected chi connectivity index (χ0v) is 5.74. The van der Waals surface area contributed by atoms with E-state index in [1.165, 1.54) is 7.67 Å². The molecule has 0 aromatic heterocycles. The number of rotatable bonds is 0. The molecule has 1 rings (SSSR count). The molecule has 0 atom stereocenters. The van der Waals surface area contributed by atoms with E-state index in [9.17, 15) is 0 Å². The second-order valence-corrected chi connectivity index (χ2v) is 6.66. The third kappa shape index (κ3) is 1.08. The predicted octanol–water partition coefficient (Wildman–Crippen LogP) is 0.550. The molecule has 0 aromatic rings. The molecule has 0 fully saturated rings. The Morgan fingerprint density at radius 2 is 2.60 bits per heavy atom. The van der Waals surface area contributed by atoms with Gasteiger partial charge in [-0.15, -0.1) is 0 Å². The average Bonchev–Trinajstić information content (AvgIpc) is 1.76. The number of hydrogen-bond donors (Lipinski definition) is 0. The van der Waals surface area contributed by atoms with Gasteiger partial charge in [0.05, 0.1) is 0 Å². The van der Waals surface area contributed by atoms with Gasteiger partial charge in [-0.05, 0) is 0 Å². The molecular weight excluding hydrogens is 143 g/mol. The Labute approximate surface area is 39.8 Å². The molecule has 0 amide bonds. The van der Waals surface area contributed by atoms with Gasteiger partial charge in [-0.2, -0.15) is 0 Å². The summed E-state index contributed by atoms with van der Waals surface area (Å²) in [5, 5.41) is 1.57. The Morgan fingerprint density at radius 1 is 1.60 bits per heavy atom. The maximum absolute atomic E-state index is 1.57. The molecule has 1 heterocycles. The molecule has 28 valence electrons. The average molecular weight is 149 g/mol. The van der Waals surface area contributed by atoms with Gasteiger partial charge in [-0.25, -0.2) is 0 Å². The molecule has 0 N–H and O–H groups in total. The zero-order valence-electron chi connectivity index (χ0n) is 3.03. The van der Waals surface area contributed by atoms with E-state index < -0.39 is 0 Å². The van der Waals surface area contributed by atoms with Crippen molar-refractivity contribution >= 4 is 21.5 Å². The Balaban J connectivity index is 2.32. The molecule has 0 spiro atoms. The van der Waals surface area contributed by atoms with Crippen LogP contribution in [0.2, 0.25) is 11.4 Å². The van der Waals surface area contributed by atoms with E-state index in [0.29, 0.717) is 0 Å². The van der Waals surface area contributed by atoms with Crippen molar-refractivity contribution in [3.8, 4) is 0 Å². The summed E-state index contributed by atoms with van der Waals surface area (Å²) < 4.78 is 0. The van der Waals surface area contributed by atoms with Crippen LogP contribution in [0.5, 0.6) is 0 Å². The SMILES string of the molecule is C1C[Si]=[Se]C1. The van der Waals surface area contributed by atoms with E-state index in [2.05, 4.69) is 0 Å². The van der Waals surface area contributed by atoms with Crippen LogP contribution in [0.25, 0.3) is 0 Å². The standard InChI is InChI=1S/C3H6SeSi/c1-2-4-5-3-1/h1-3H2. The van der Waals surface area contributed by atoms with Gasteiger partial charge in [0.15, 0.2) is 0 Å². The summed E-state index contributed by atoms with van der Waals surface area (Å²) in [6.45, 7) is 0. The van der Waals surface area contributed by atoms with E-state index >= 15 is 0 Å². The van der Waals surface area contributed by atoms with Gasteiger partial charge in [0.25, 0.3) is 0 Å².